The number of fused-ring (bicyclic) bond motifs is 1. The highest BCUT2D eigenvalue weighted by Gasteiger charge is 2.19. The van der Waals surface area contributed by atoms with Gasteiger partial charge in [-0.2, -0.15) is 0 Å². The van der Waals surface area contributed by atoms with E-state index < -0.39 is 0 Å². The van der Waals surface area contributed by atoms with Crippen LogP contribution in [0.3, 0.4) is 0 Å². The summed E-state index contributed by atoms with van der Waals surface area (Å²) in [5.74, 6) is 0.993. The summed E-state index contributed by atoms with van der Waals surface area (Å²) >= 11 is 4.56. The van der Waals surface area contributed by atoms with Crippen molar-refractivity contribution in [3.63, 3.8) is 0 Å². The summed E-state index contributed by atoms with van der Waals surface area (Å²) in [5.41, 5.74) is 1.96. The topological polar surface area (TPSA) is 72.7 Å². The molecule has 144 valence electrons. The number of benzene rings is 1. The molecule has 0 saturated heterocycles. The third-order valence-corrected chi connectivity index (χ3v) is 6.80. The molecule has 0 aliphatic rings. The summed E-state index contributed by atoms with van der Waals surface area (Å²) in [5, 5.41) is 15.0. The lowest BCUT2D eigenvalue weighted by Gasteiger charge is -2.12. The van der Waals surface area contributed by atoms with Crippen molar-refractivity contribution in [1.29, 1.82) is 0 Å². The van der Waals surface area contributed by atoms with Gasteiger partial charge in [0.25, 0.3) is 0 Å². The number of thiazole rings is 1. The predicted octanol–water partition coefficient (Wildman–Crippen LogP) is 5.24. The van der Waals surface area contributed by atoms with Gasteiger partial charge in [0.05, 0.1) is 16.0 Å². The number of hydrogen-bond donors (Lipinski definition) is 1. The Morgan fingerprint density at radius 3 is 2.82 bits per heavy atom. The van der Waals surface area contributed by atoms with E-state index in [9.17, 15) is 4.79 Å². The van der Waals surface area contributed by atoms with Gasteiger partial charge in [0.15, 0.2) is 16.1 Å². The number of amides is 1. The molecular weight excluding hydrogens is 410 g/mol. The lowest BCUT2D eigenvalue weighted by Crippen LogP contribution is -2.14. The van der Waals surface area contributed by atoms with E-state index in [0.717, 1.165) is 26.8 Å². The molecule has 0 unspecified atom stereocenters. The third-order valence-electron chi connectivity index (χ3n) is 4.04. The SMILES string of the molecule is Cc1cc(-c2nnc(SCC(=O)Nc3nc4ccccc4s3)n2C(C)C)cs1. The van der Waals surface area contributed by atoms with Crippen LogP contribution in [0.1, 0.15) is 24.8 Å². The van der Waals surface area contributed by atoms with Crippen LogP contribution in [-0.2, 0) is 4.79 Å². The molecule has 4 rings (SSSR count). The minimum absolute atomic E-state index is 0.102. The number of thiophene rings is 1. The maximum absolute atomic E-state index is 12.4. The molecule has 0 fully saturated rings. The highest BCUT2D eigenvalue weighted by molar-refractivity contribution is 7.99. The molecular formula is C19H19N5OS3. The standard InChI is InChI=1S/C19H19N5OS3/c1-11(2)24-17(13-8-12(3)26-9-13)22-23-19(24)27-10-16(25)21-18-20-14-6-4-5-7-15(14)28-18/h4-9,11H,10H2,1-3H3,(H,20,21,25). The highest BCUT2D eigenvalue weighted by Crippen LogP contribution is 2.30. The number of carbonyl (C=O) groups excluding carboxylic acids is 1. The molecule has 0 saturated carbocycles. The fourth-order valence-electron chi connectivity index (χ4n) is 2.81. The van der Waals surface area contributed by atoms with Crippen molar-refractivity contribution in [1.82, 2.24) is 19.7 Å². The van der Waals surface area contributed by atoms with Crippen molar-refractivity contribution in [2.24, 2.45) is 0 Å². The van der Waals surface area contributed by atoms with Crippen LogP contribution in [0.15, 0.2) is 40.9 Å². The Kier molecular flexibility index (Phi) is 5.47. The van der Waals surface area contributed by atoms with E-state index in [0.29, 0.717) is 5.13 Å². The van der Waals surface area contributed by atoms with Crippen LogP contribution in [-0.4, -0.2) is 31.4 Å². The molecule has 1 aromatic carbocycles. The van der Waals surface area contributed by atoms with Gasteiger partial charge in [0.1, 0.15) is 0 Å². The van der Waals surface area contributed by atoms with Gasteiger partial charge in [-0.3, -0.25) is 9.36 Å². The minimum Gasteiger partial charge on any atom is -0.301 e. The maximum Gasteiger partial charge on any atom is 0.236 e. The van der Waals surface area contributed by atoms with E-state index in [-0.39, 0.29) is 17.7 Å². The minimum atomic E-state index is -0.102. The number of hydrogen-bond acceptors (Lipinski definition) is 7. The van der Waals surface area contributed by atoms with Crippen LogP contribution in [0.2, 0.25) is 0 Å². The molecule has 0 atom stereocenters. The smallest absolute Gasteiger partial charge is 0.236 e. The molecule has 9 heteroatoms. The number of rotatable bonds is 6. The van der Waals surface area contributed by atoms with Crippen LogP contribution in [0.4, 0.5) is 5.13 Å². The third kappa shape index (κ3) is 3.96. The Labute approximate surface area is 175 Å². The van der Waals surface area contributed by atoms with E-state index in [1.54, 1.807) is 11.3 Å². The molecule has 1 N–H and O–H groups in total. The second-order valence-corrected chi connectivity index (χ2v) is 9.63. The van der Waals surface area contributed by atoms with Crippen molar-refractivity contribution < 1.29 is 4.79 Å². The Balaban J connectivity index is 1.46. The van der Waals surface area contributed by atoms with E-state index in [4.69, 9.17) is 0 Å². The molecule has 6 nitrogen and oxygen atoms in total. The van der Waals surface area contributed by atoms with Crippen LogP contribution in [0.5, 0.6) is 0 Å². The maximum atomic E-state index is 12.4. The molecule has 28 heavy (non-hydrogen) atoms. The molecule has 0 aliphatic carbocycles. The van der Waals surface area contributed by atoms with Crippen LogP contribution in [0.25, 0.3) is 21.6 Å². The summed E-state index contributed by atoms with van der Waals surface area (Å²) in [6.07, 6.45) is 0. The molecule has 0 spiro atoms. The van der Waals surface area contributed by atoms with Crippen molar-refractivity contribution in [3.8, 4) is 11.4 Å². The van der Waals surface area contributed by atoms with Crippen molar-refractivity contribution >= 4 is 55.7 Å². The Morgan fingerprint density at radius 1 is 1.29 bits per heavy atom. The van der Waals surface area contributed by atoms with Crippen molar-refractivity contribution in [2.75, 3.05) is 11.1 Å². The second-order valence-electron chi connectivity index (χ2n) is 6.54. The number of carbonyl (C=O) groups is 1. The van der Waals surface area contributed by atoms with E-state index in [1.807, 2.05) is 24.3 Å². The van der Waals surface area contributed by atoms with Gasteiger partial charge in [0, 0.05) is 21.9 Å². The first-order chi connectivity index (χ1) is 13.5. The van der Waals surface area contributed by atoms with Gasteiger partial charge in [-0.05, 0) is 39.0 Å². The van der Waals surface area contributed by atoms with E-state index >= 15 is 0 Å². The van der Waals surface area contributed by atoms with Crippen LogP contribution >= 0.6 is 34.4 Å². The monoisotopic (exact) mass is 429 g/mol. The fourth-order valence-corrected chi connectivity index (χ4v) is 5.24. The van der Waals surface area contributed by atoms with Gasteiger partial charge in [0.2, 0.25) is 5.91 Å². The number of nitrogens with zero attached hydrogens (tertiary/aromatic N) is 4. The summed E-state index contributed by atoms with van der Waals surface area (Å²) in [6.45, 7) is 6.26. The predicted molar refractivity (Wildman–Crippen MR) is 117 cm³/mol. The zero-order chi connectivity index (χ0) is 19.7. The lowest BCUT2D eigenvalue weighted by atomic mass is 10.3. The molecule has 4 aromatic rings. The van der Waals surface area contributed by atoms with Crippen LogP contribution < -0.4 is 5.32 Å². The molecule has 0 aliphatic heterocycles. The average molecular weight is 430 g/mol. The molecule has 3 heterocycles. The Bertz CT molecular complexity index is 1090. The van der Waals surface area contributed by atoms with Crippen molar-refractivity contribution in [3.05, 3.63) is 40.6 Å². The Hall–Kier alpha value is -2.23. The number of aromatic nitrogens is 4. The highest BCUT2D eigenvalue weighted by atomic mass is 32.2. The van der Waals surface area contributed by atoms with Crippen LogP contribution in [0, 0.1) is 6.92 Å². The molecule has 0 radical (unpaired) electrons. The second kappa shape index (κ2) is 8.02. The number of aryl methyl sites for hydroxylation is 1. The van der Waals surface area contributed by atoms with Gasteiger partial charge in [-0.15, -0.1) is 21.5 Å². The summed E-state index contributed by atoms with van der Waals surface area (Å²) in [6, 6.07) is 10.1. The number of thioether (sulfide) groups is 1. The van der Waals surface area contributed by atoms with Gasteiger partial charge in [-0.25, -0.2) is 4.98 Å². The largest absolute Gasteiger partial charge is 0.301 e. The molecule has 1 amide bonds. The lowest BCUT2D eigenvalue weighted by molar-refractivity contribution is -0.113. The van der Waals surface area contributed by atoms with Crippen molar-refractivity contribution in [2.45, 2.75) is 32.0 Å². The number of para-hydroxylation sites is 1. The zero-order valence-corrected chi connectivity index (χ0v) is 18.1. The number of nitrogens with one attached hydrogen (secondary N) is 1. The molecule has 0 bridgehead atoms. The normalized spacial score (nSPS) is 11.4. The van der Waals surface area contributed by atoms with Gasteiger partial charge < -0.3 is 5.32 Å². The first-order valence-corrected chi connectivity index (χ1v) is 11.5. The van der Waals surface area contributed by atoms with Gasteiger partial charge >= 0.3 is 0 Å². The summed E-state index contributed by atoms with van der Waals surface area (Å²) in [7, 11) is 0. The Morgan fingerprint density at radius 2 is 2.11 bits per heavy atom. The fraction of sp³-hybridized carbons (Fsp3) is 0.263. The summed E-state index contributed by atoms with van der Waals surface area (Å²) < 4.78 is 3.14. The zero-order valence-electron chi connectivity index (χ0n) is 15.7. The molecule has 3 aromatic heterocycles. The first-order valence-electron chi connectivity index (χ1n) is 8.80. The van der Waals surface area contributed by atoms with E-state index in [1.165, 1.54) is 28.0 Å². The first kappa shape index (κ1) is 19.1. The summed E-state index contributed by atoms with van der Waals surface area (Å²) in [4.78, 5) is 18.1. The average Bonchev–Trinajstić information content (AvgIpc) is 3.36. The number of anilines is 1. The quantitative estimate of drug-likeness (QED) is 0.425. The van der Waals surface area contributed by atoms with Gasteiger partial charge in [-0.1, -0.05) is 35.2 Å². The van der Waals surface area contributed by atoms with E-state index in [2.05, 4.69) is 57.3 Å².